The fourth-order valence-corrected chi connectivity index (χ4v) is 2.54. The largest absolute Gasteiger partial charge is 0.494 e. The second-order valence-corrected chi connectivity index (χ2v) is 7.91. The number of benzene rings is 2. The van der Waals surface area contributed by atoms with E-state index in [1.807, 2.05) is 45.0 Å². The fraction of sp³-hybridized carbons (Fsp3) is 0.391. The summed E-state index contributed by atoms with van der Waals surface area (Å²) in [6.07, 6.45) is 2.07. The number of hydrogen-bond acceptors (Lipinski definition) is 4. The predicted molar refractivity (Wildman–Crippen MR) is 118 cm³/mol. The van der Waals surface area contributed by atoms with Crippen molar-refractivity contribution in [3.63, 3.8) is 0 Å². The average Bonchev–Trinajstić information content (AvgIpc) is 2.66. The molecule has 2 aromatic carbocycles. The minimum Gasteiger partial charge on any atom is -0.494 e. The molecule has 3 N–H and O–H groups in total. The van der Waals surface area contributed by atoms with Crippen LogP contribution in [0.5, 0.6) is 5.75 Å². The number of nitrogens with one attached hydrogen (secondary N) is 3. The number of carbonyl (C=O) groups is 2. The van der Waals surface area contributed by atoms with Crippen molar-refractivity contribution in [2.75, 3.05) is 23.8 Å². The highest BCUT2D eigenvalue weighted by molar-refractivity contribution is 5.95. The molecule has 0 aliphatic carbocycles. The van der Waals surface area contributed by atoms with Gasteiger partial charge in [0.15, 0.2) is 0 Å². The zero-order valence-corrected chi connectivity index (χ0v) is 17.7. The van der Waals surface area contributed by atoms with Gasteiger partial charge in [0.25, 0.3) is 5.91 Å². The molecule has 0 saturated carbocycles. The molecule has 0 spiro atoms. The van der Waals surface area contributed by atoms with Crippen LogP contribution in [-0.4, -0.2) is 30.5 Å². The van der Waals surface area contributed by atoms with Gasteiger partial charge in [-0.25, -0.2) is 0 Å². The van der Waals surface area contributed by atoms with Crippen molar-refractivity contribution in [3.05, 3.63) is 54.1 Å². The average molecular weight is 398 g/mol. The van der Waals surface area contributed by atoms with Gasteiger partial charge < -0.3 is 20.7 Å². The van der Waals surface area contributed by atoms with Crippen LogP contribution in [-0.2, 0) is 4.79 Å². The highest BCUT2D eigenvalue weighted by Gasteiger charge is 2.15. The van der Waals surface area contributed by atoms with E-state index in [0.29, 0.717) is 17.9 Å². The van der Waals surface area contributed by atoms with Crippen LogP contribution in [0.15, 0.2) is 48.5 Å². The van der Waals surface area contributed by atoms with Gasteiger partial charge >= 0.3 is 0 Å². The topological polar surface area (TPSA) is 79.5 Å². The summed E-state index contributed by atoms with van der Waals surface area (Å²) in [6.45, 7) is 8.71. The van der Waals surface area contributed by atoms with E-state index in [4.69, 9.17) is 4.74 Å². The molecule has 29 heavy (non-hydrogen) atoms. The highest BCUT2D eigenvalue weighted by Crippen LogP contribution is 2.18. The Hall–Kier alpha value is -3.02. The highest BCUT2D eigenvalue weighted by atomic mass is 16.5. The summed E-state index contributed by atoms with van der Waals surface area (Å²) in [7, 11) is 0. The number of rotatable bonds is 9. The molecule has 6 nitrogen and oxygen atoms in total. The number of unbranched alkanes of at least 4 members (excludes halogenated alkanes) is 1. The van der Waals surface area contributed by atoms with E-state index in [1.165, 1.54) is 0 Å². The van der Waals surface area contributed by atoms with Crippen molar-refractivity contribution in [1.82, 2.24) is 5.32 Å². The van der Waals surface area contributed by atoms with Crippen molar-refractivity contribution in [3.8, 4) is 5.75 Å². The Labute approximate surface area is 173 Å². The van der Waals surface area contributed by atoms with Crippen LogP contribution in [0.4, 0.5) is 11.4 Å². The minimum atomic E-state index is -0.287. The maximum Gasteiger partial charge on any atom is 0.251 e. The third kappa shape index (κ3) is 8.25. The van der Waals surface area contributed by atoms with Crippen LogP contribution < -0.4 is 20.7 Å². The van der Waals surface area contributed by atoms with Crippen LogP contribution >= 0.6 is 0 Å². The van der Waals surface area contributed by atoms with Gasteiger partial charge in [-0.3, -0.25) is 9.59 Å². The van der Waals surface area contributed by atoms with Crippen LogP contribution in [0.1, 0.15) is 50.9 Å². The molecule has 0 radical (unpaired) electrons. The summed E-state index contributed by atoms with van der Waals surface area (Å²) in [5.41, 5.74) is 1.75. The summed E-state index contributed by atoms with van der Waals surface area (Å²) in [5, 5.41) is 8.83. The van der Waals surface area contributed by atoms with Crippen LogP contribution in [0.2, 0.25) is 0 Å². The quantitative estimate of drug-likeness (QED) is 0.547. The summed E-state index contributed by atoms with van der Waals surface area (Å²) < 4.78 is 5.66. The Morgan fingerprint density at radius 1 is 1.00 bits per heavy atom. The molecule has 0 fully saturated rings. The number of anilines is 2. The first-order chi connectivity index (χ1) is 13.8. The van der Waals surface area contributed by atoms with Crippen molar-refractivity contribution in [2.45, 2.75) is 46.1 Å². The zero-order chi connectivity index (χ0) is 21.3. The molecular formula is C23H31N3O3. The molecule has 0 atom stereocenters. The van der Waals surface area contributed by atoms with Gasteiger partial charge in [-0.1, -0.05) is 19.4 Å². The van der Waals surface area contributed by atoms with Crippen molar-refractivity contribution < 1.29 is 14.3 Å². The predicted octanol–water partition coefficient (Wildman–Crippen LogP) is 4.44. The molecule has 156 valence electrons. The Balaban J connectivity index is 1.83. The summed E-state index contributed by atoms with van der Waals surface area (Å²) >= 11 is 0. The van der Waals surface area contributed by atoms with E-state index >= 15 is 0 Å². The Morgan fingerprint density at radius 2 is 1.72 bits per heavy atom. The van der Waals surface area contributed by atoms with Gasteiger partial charge in [0.1, 0.15) is 5.75 Å². The van der Waals surface area contributed by atoms with E-state index in [9.17, 15) is 9.59 Å². The van der Waals surface area contributed by atoms with Crippen LogP contribution in [0.3, 0.4) is 0 Å². The monoisotopic (exact) mass is 397 g/mol. The summed E-state index contributed by atoms with van der Waals surface area (Å²) in [5.74, 6) is 0.460. The van der Waals surface area contributed by atoms with E-state index in [0.717, 1.165) is 24.3 Å². The SMILES string of the molecule is CCCCOc1cccc(NC(=O)CNc2ccc(C(=O)NC(C)(C)C)cc2)c1. The molecule has 2 rings (SSSR count). The van der Waals surface area contributed by atoms with Crippen molar-refractivity contribution >= 4 is 23.2 Å². The van der Waals surface area contributed by atoms with Crippen LogP contribution in [0.25, 0.3) is 0 Å². The van der Waals surface area contributed by atoms with Gasteiger partial charge in [-0.05, 0) is 63.6 Å². The molecule has 0 aromatic heterocycles. The molecular weight excluding hydrogens is 366 g/mol. The first-order valence-corrected chi connectivity index (χ1v) is 9.96. The van der Waals surface area contributed by atoms with E-state index in [2.05, 4.69) is 22.9 Å². The smallest absolute Gasteiger partial charge is 0.251 e. The molecule has 0 unspecified atom stereocenters. The third-order valence-corrected chi connectivity index (χ3v) is 3.97. The molecule has 0 bridgehead atoms. The standard InChI is InChI=1S/C23H31N3O3/c1-5-6-14-29-20-9-7-8-19(15-20)25-21(27)16-24-18-12-10-17(11-13-18)22(28)26-23(2,3)4/h7-13,15,24H,5-6,14,16H2,1-4H3,(H,25,27)(H,26,28). The molecule has 2 aromatic rings. The molecule has 0 saturated heterocycles. The Kier molecular flexibility index (Phi) is 8.07. The van der Waals surface area contributed by atoms with E-state index in [-0.39, 0.29) is 23.9 Å². The molecule has 2 amide bonds. The molecule has 0 aliphatic rings. The molecule has 0 aliphatic heterocycles. The normalized spacial score (nSPS) is 10.9. The number of ether oxygens (including phenoxy) is 1. The second-order valence-electron chi connectivity index (χ2n) is 7.91. The van der Waals surface area contributed by atoms with Gasteiger partial charge in [0.2, 0.25) is 5.91 Å². The maximum atomic E-state index is 12.2. The van der Waals surface area contributed by atoms with E-state index < -0.39 is 0 Å². The Bertz CT molecular complexity index is 811. The molecule has 0 heterocycles. The first kappa shape index (κ1) is 22.3. The lowest BCUT2D eigenvalue weighted by Crippen LogP contribution is -2.40. The van der Waals surface area contributed by atoms with Crippen LogP contribution in [0, 0.1) is 0 Å². The van der Waals surface area contributed by atoms with E-state index in [1.54, 1.807) is 24.3 Å². The first-order valence-electron chi connectivity index (χ1n) is 9.96. The van der Waals surface area contributed by atoms with Gasteiger partial charge in [0.05, 0.1) is 13.2 Å². The maximum absolute atomic E-state index is 12.2. The Morgan fingerprint density at radius 3 is 2.38 bits per heavy atom. The lowest BCUT2D eigenvalue weighted by atomic mass is 10.1. The van der Waals surface area contributed by atoms with Gasteiger partial charge in [-0.2, -0.15) is 0 Å². The lowest BCUT2D eigenvalue weighted by molar-refractivity contribution is -0.114. The number of amides is 2. The van der Waals surface area contributed by atoms with Gasteiger partial charge in [0, 0.05) is 28.5 Å². The lowest BCUT2D eigenvalue weighted by Gasteiger charge is -2.20. The van der Waals surface area contributed by atoms with Crippen molar-refractivity contribution in [1.29, 1.82) is 0 Å². The van der Waals surface area contributed by atoms with Gasteiger partial charge in [-0.15, -0.1) is 0 Å². The summed E-state index contributed by atoms with van der Waals surface area (Å²) in [4.78, 5) is 24.4. The zero-order valence-electron chi connectivity index (χ0n) is 17.7. The minimum absolute atomic E-state index is 0.119. The number of carbonyl (C=O) groups excluding carboxylic acids is 2. The number of hydrogen-bond donors (Lipinski definition) is 3. The van der Waals surface area contributed by atoms with Crippen molar-refractivity contribution in [2.24, 2.45) is 0 Å². The fourth-order valence-electron chi connectivity index (χ4n) is 2.54. The molecule has 6 heteroatoms. The third-order valence-electron chi connectivity index (χ3n) is 3.97. The summed E-state index contributed by atoms with van der Waals surface area (Å²) in [6, 6.07) is 14.4. The second kappa shape index (κ2) is 10.5.